The fourth-order valence-electron chi connectivity index (χ4n) is 2.58. The third-order valence-corrected chi connectivity index (χ3v) is 4.82. The van der Waals surface area contributed by atoms with E-state index >= 15 is 0 Å². The van der Waals surface area contributed by atoms with Crippen molar-refractivity contribution in [1.29, 1.82) is 0 Å². The van der Waals surface area contributed by atoms with Crippen LogP contribution in [0.1, 0.15) is 23.1 Å². The minimum atomic E-state index is -0.489. The van der Waals surface area contributed by atoms with Gasteiger partial charge in [0.05, 0.1) is 23.0 Å². The van der Waals surface area contributed by atoms with Gasteiger partial charge < -0.3 is 9.30 Å². The Morgan fingerprint density at radius 3 is 2.81 bits per heavy atom. The van der Waals surface area contributed by atoms with E-state index in [9.17, 15) is 14.0 Å². The zero-order valence-corrected chi connectivity index (χ0v) is 15.3. The molecule has 3 rings (SSSR count). The summed E-state index contributed by atoms with van der Waals surface area (Å²) in [6.45, 7) is 4.08. The zero-order valence-electron chi connectivity index (χ0n) is 14.5. The molecule has 0 fully saturated rings. The molecule has 26 heavy (non-hydrogen) atoms. The van der Waals surface area contributed by atoms with E-state index in [1.165, 1.54) is 19.2 Å². The molecule has 0 aliphatic carbocycles. The average molecular weight is 376 g/mol. The predicted octanol–water partition coefficient (Wildman–Crippen LogP) is 2.28. The molecule has 1 aromatic carbocycles. The van der Waals surface area contributed by atoms with E-state index < -0.39 is 17.7 Å². The number of carbonyl (C=O) groups is 2. The van der Waals surface area contributed by atoms with Gasteiger partial charge in [-0.15, -0.1) is 0 Å². The van der Waals surface area contributed by atoms with Gasteiger partial charge in [0, 0.05) is 6.54 Å². The van der Waals surface area contributed by atoms with Gasteiger partial charge in [0.1, 0.15) is 18.1 Å². The maximum Gasteiger partial charge on any atom is 0.325 e. The van der Waals surface area contributed by atoms with E-state index in [4.69, 9.17) is 4.74 Å². The Morgan fingerprint density at radius 1 is 1.35 bits per heavy atom. The molecule has 0 saturated carbocycles. The zero-order chi connectivity index (χ0) is 18.8. The third-order valence-electron chi connectivity index (χ3n) is 3.78. The van der Waals surface area contributed by atoms with Gasteiger partial charge in [-0.25, -0.2) is 4.39 Å². The number of amides is 1. The normalized spacial score (nSPS) is 11.9. The Hall–Kier alpha value is -2.81. The lowest BCUT2D eigenvalue weighted by atomic mass is 10.3. The first-order valence-corrected chi connectivity index (χ1v) is 8.73. The van der Waals surface area contributed by atoms with E-state index in [0.29, 0.717) is 33.0 Å². The van der Waals surface area contributed by atoms with Gasteiger partial charge in [-0.2, -0.15) is 10.1 Å². The first kappa shape index (κ1) is 18.0. The van der Waals surface area contributed by atoms with Crippen LogP contribution >= 0.6 is 11.3 Å². The van der Waals surface area contributed by atoms with Crippen LogP contribution < -0.4 is 4.80 Å². The second-order valence-electron chi connectivity index (χ2n) is 5.56. The predicted molar refractivity (Wildman–Crippen MR) is 94.3 cm³/mol. The van der Waals surface area contributed by atoms with Crippen LogP contribution in [0.25, 0.3) is 10.2 Å². The van der Waals surface area contributed by atoms with Crippen molar-refractivity contribution < 1.29 is 18.7 Å². The molecule has 0 N–H and O–H groups in total. The number of esters is 1. The summed E-state index contributed by atoms with van der Waals surface area (Å²) in [6.07, 6.45) is 0. The summed E-state index contributed by atoms with van der Waals surface area (Å²) in [5.74, 6) is -1.36. The molecule has 136 valence electrons. The molecule has 2 aromatic heterocycles. The summed E-state index contributed by atoms with van der Waals surface area (Å²) >= 11 is 1.13. The number of halogens is 1. The van der Waals surface area contributed by atoms with Crippen LogP contribution in [0.2, 0.25) is 0 Å². The third kappa shape index (κ3) is 3.43. The van der Waals surface area contributed by atoms with Crippen molar-refractivity contribution in [3.05, 3.63) is 46.3 Å². The van der Waals surface area contributed by atoms with Crippen LogP contribution in [0.5, 0.6) is 0 Å². The van der Waals surface area contributed by atoms with Gasteiger partial charge in [-0.3, -0.25) is 14.3 Å². The number of nitrogens with zero attached hydrogens (tertiary/aromatic N) is 4. The number of thiazole rings is 1. The fraction of sp³-hybridized carbons (Fsp3) is 0.294. The van der Waals surface area contributed by atoms with E-state index in [2.05, 4.69) is 10.1 Å². The number of rotatable bonds is 4. The molecular weight excluding hydrogens is 359 g/mol. The van der Waals surface area contributed by atoms with Crippen LogP contribution in [0.15, 0.2) is 29.3 Å². The molecule has 1 amide bonds. The van der Waals surface area contributed by atoms with Gasteiger partial charge in [-0.1, -0.05) is 11.3 Å². The summed E-state index contributed by atoms with van der Waals surface area (Å²) in [4.78, 5) is 28.8. The molecule has 3 aromatic rings. The number of aromatic nitrogens is 3. The van der Waals surface area contributed by atoms with E-state index in [-0.39, 0.29) is 6.54 Å². The summed E-state index contributed by atoms with van der Waals surface area (Å²) in [7, 11) is 1.28. The number of hydrogen-bond donors (Lipinski definition) is 0. The van der Waals surface area contributed by atoms with E-state index in [0.717, 1.165) is 11.3 Å². The lowest BCUT2D eigenvalue weighted by molar-refractivity contribution is -0.141. The quantitative estimate of drug-likeness (QED) is 0.655. The first-order chi connectivity index (χ1) is 12.4. The second-order valence-corrected chi connectivity index (χ2v) is 6.57. The van der Waals surface area contributed by atoms with Crippen LogP contribution in [0.4, 0.5) is 4.39 Å². The van der Waals surface area contributed by atoms with Crippen LogP contribution in [-0.4, -0.2) is 33.3 Å². The highest BCUT2D eigenvalue weighted by Gasteiger charge is 2.15. The van der Waals surface area contributed by atoms with Crippen molar-refractivity contribution >= 4 is 33.4 Å². The van der Waals surface area contributed by atoms with E-state index in [1.54, 1.807) is 28.3 Å². The van der Waals surface area contributed by atoms with Crippen LogP contribution in [-0.2, 0) is 22.6 Å². The standard InChI is InChI=1S/C17H17FN4O3S/c1-4-22-13(7-10(2)20-22)16(24)19-17-21(9-15(23)25-3)12-6-5-11(18)8-14(12)26-17/h5-8H,4,9H2,1-3H3. The lowest BCUT2D eigenvalue weighted by Crippen LogP contribution is -2.23. The summed E-state index contributed by atoms with van der Waals surface area (Å²) in [6, 6.07) is 5.85. The maximum atomic E-state index is 13.5. The number of fused-ring (bicyclic) bond motifs is 1. The molecule has 0 bridgehead atoms. The van der Waals surface area contributed by atoms with Crippen molar-refractivity contribution in [3.63, 3.8) is 0 Å². The molecule has 0 unspecified atom stereocenters. The second kappa shape index (κ2) is 7.20. The summed E-state index contributed by atoms with van der Waals surface area (Å²) < 4.78 is 21.9. The highest BCUT2D eigenvalue weighted by molar-refractivity contribution is 7.16. The number of carbonyl (C=O) groups excluding carboxylic acids is 2. The van der Waals surface area contributed by atoms with Crippen molar-refractivity contribution in [2.45, 2.75) is 26.9 Å². The lowest BCUT2D eigenvalue weighted by Gasteiger charge is -2.04. The monoisotopic (exact) mass is 376 g/mol. The Balaban J connectivity index is 2.15. The number of aryl methyl sites for hydroxylation is 2. The minimum Gasteiger partial charge on any atom is -0.468 e. The highest BCUT2D eigenvalue weighted by atomic mass is 32.1. The van der Waals surface area contributed by atoms with Crippen molar-refractivity contribution in [2.24, 2.45) is 4.99 Å². The van der Waals surface area contributed by atoms with Crippen molar-refractivity contribution in [2.75, 3.05) is 7.11 Å². The highest BCUT2D eigenvalue weighted by Crippen LogP contribution is 2.19. The molecule has 0 atom stereocenters. The van der Waals surface area contributed by atoms with Gasteiger partial charge in [0.15, 0.2) is 4.80 Å². The average Bonchev–Trinajstić information content (AvgIpc) is 3.14. The van der Waals surface area contributed by atoms with Crippen LogP contribution in [0, 0.1) is 12.7 Å². The number of methoxy groups -OCH3 is 1. The van der Waals surface area contributed by atoms with Crippen LogP contribution in [0.3, 0.4) is 0 Å². The molecule has 0 aliphatic rings. The smallest absolute Gasteiger partial charge is 0.325 e. The Bertz CT molecular complexity index is 1060. The molecular formula is C17H17FN4O3S. The molecule has 0 radical (unpaired) electrons. The minimum absolute atomic E-state index is 0.125. The Labute approximate surface area is 152 Å². The number of hydrogen-bond acceptors (Lipinski definition) is 5. The fourth-order valence-corrected chi connectivity index (χ4v) is 3.63. The summed E-state index contributed by atoms with van der Waals surface area (Å²) in [5.41, 5.74) is 1.68. The molecule has 9 heteroatoms. The first-order valence-electron chi connectivity index (χ1n) is 7.92. The van der Waals surface area contributed by atoms with Gasteiger partial charge in [0.25, 0.3) is 5.91 Å². The molecule has 7 nitrogen and oxygen atoms in total. The topological polar surface area (TPSA) is 78.5 Å². The largest absolute Gasteiger partial charge is 0.468 e. The van der Waals surface area contributed by atoms with Gasteiger partial charge in [-0.05, 0) is 38.1 Å². The van der Waals surface area contributed by atoms with Crippen molar-refractivity contribution in [1.82, 2.24) is 14.3 Å². The Morgan fingerprint density at radius 2 is 2.12 bits per heavy atom. The molecule has 0 spiro atoms. The van der Waals surface area contributed by atoms with Gasteiger partial charge >= 0.3 is 5.97 Å². The molecule has 0 saturated heterocycles. The Kier molecular flexibility index (Phi) is 4.99. The van der Waals surface area contributed by atoms with Crippen molar-refractivity contribution in [3.8, 4) is 0 Å². The summed E-state index contributed by atoms with van der Waals surface area (Å²) in [5, 5.41) is 4.24. The molecule has 0 aliphatic heterocycles. The number of ether oxygens (including phenoxy) is 1. The van der Waals surface area contributed by atoms with Gasteiger partial charge in [0.2, 0.25) is 0 Å². The SMILES string of the molecule is CCn1nc(C)cc1C(=O)N=c1sc2cc(F)ccc2n1CC(=O)OC. The number of benzene rings is 1. The molecule has 2 heterocycles. The van der Waals surface area contributed by atoms with E-state index in [1.807, 2.05) is 6.92 Å². The maximum absolute atomic E-state index is 13.5.